The Kier molecular flexibility index (Phi) is 5.45. The molecule has 8 nitrogen and oxygen atoms in total. The lowest BCUT2D eigenvalue weighted by molar-refractivity contribution is 0.0998. The molecular formula is C21H13N5O3. The number of nitriles is 3. The number of para-hydroxylation sites is 1. The molecule has 3 rings (SSSR count). The number of benzene rings is 2. The van der Waals surface area contributed by atoms with Gasteiger partial charge in [-0.15, -0.1) is 0 Å². The molecule has 0 aliphatic rings. The number of fused-ring (bicyclic) bond motifs is 1. The fourth-order valence-corrected chi connectivity index (χ4v) is 2.58. The number of nitrogens with zero attached hydrogens (tertiary/aromatic N) is 3. The first-order valence-corrected chi connectivity index (χ1v) is 8.29. The predicted octanol–water partition coefficient (Wildman–Crippen LogP) is 3.93. The van der Waals surface area contributed by atoms with Gasteiger partial charge in [0, 0.05) is 17.1 Å². The van der Waals surface area contributed by atoms with E-state index in [0.717, 1.165) is 5.39 Å². The van der Waals surface area contributed by atoms with Crippen LogP contribution in [-0.4, -0.2) is 13.0 Å². The van der Waals surface area contributed by atoms with Crippen LogP contribution < -0.4 is 15.4 Å². The third-order valence-electron chi connectivity index (χ3n) is 3.95. The summed E-state index contributed by atoms with van der Waals surface area (Å²) in [5, 5.41) is 33.2. The minimum Gasteiger partial charge on any atom is -0.494 e. The number of anilines is 2. The van der Waals surface area contributed by atoms with E-state index in [4.69, 9.17) is 24.9 Å². The fraction of sp³-hybridized carbons (Fsp3) is 0.0476. The summed E-state index contributed by atoms with van der Waals surface area (Å²) in [6.07, 6.45) is 0. The number of furan rings is 1. The SMILES string of the molecule is COc1cc(NC(C#N)=C(C#N)C#N)ccc1NC(=O)c1cc2ccccc2o1. The van der Waals surface area contributed by atoms with Gasteiger partial charge in [0.1, 0.15) is 35.2 Å². The van der Waals surface area contributed by atoms with E-state index < -0.39 is 5.91 Å². The molecule has 0 atom stereocenters. The minimum absolute atomic E-state index is 0.151. The molecule has 2 N–H and O–H groups in total. The van der Waals surface area contributed by atoms with Crippen LogP contribution in [-0.2, 0) is 0 Å². The number of carbonyl (C=O) groups is 1. The average molecular weight is 383 g/mol. The van der Waals surface area contributed by atoms with Crippen molar-refractivity contribution in [3.63, 3.8) is 0 Å². The van der Waals surface area contributed by atoms with Gasteiger partial charge in [-0.25, -0.2) is 0 Å². The maximum Gasteiger partial charge on any atom is 0.291 e. The topological polar surface area (TPSA) is 135 Å². The third kappa shape index (κ3) is 4.00. The number of nitrogens with one attached hydrogen (secondary N) is 2. The molecule has 29 heavy (non-hydrogen) atoms. The molecule has 3 aromatic rings. The van der Waals surface area contributed by atoms with Gasteiger partial charge in [-0.2, -0.15) is 15.8 Å². The lowest BCUT2D eigenvalue weighted by Crippen LogP contribution is -2.12. The van der Waals surface area contributed by atoms with Crippen molar-refractivity contribution < 1.29 is 13.9 Å². The molecule has 0 aliphatic carbocycles. The van der Waals surface area contributed by atoms with Crippen LogP contribution in [0.2, 0.25) is 0 Å². The number of hydrogen-bond acceptors (Lipinski definition) is 7. The number of carbonyl (C=O) groups excluding carboxylic acids is 1. The molecule has 140 valence electrons. The first-order chi connectivity index (χ1) is 14.1. The summed E-state index contributed by atoms with van der Waals surface area (Å²) in [7, 11) is 1.42. The Morgan fingerprint density at radius 2 is 1.76 bits per heavy atom. The number of rotatable bonds is 5. The molecule has 0 aliphatic heterocycles. The van der Waals surface area contributed by atoms with Crippen LogP contribution in [0.1, 0.15) is 10.6 Å². The van der Waals surface area contributed by atoms with E-state index >= 15 is 0 Å². The second kappa shape index (κ2) is 8.30. The Labute approximate surface area is 165 Å². The van der Waals surface area contributed by atoms with Gasteiger partial charge in [0.15, 0.2) is 11.3 Å². The van der Waals surface area contributed by atoms with Crippen molar-refractivity contribution >= 4 is 28.3 Å². The van der Waals surface area contributed by atoms with E-state index in [9.17, 15) is 4.79 Å². The average Bonchev–Trinajstić information content (AvgIpc) is 3.19. The van der Waals surface area contributed by atoms with Crippen molar-refractivity contribution in [2.24, 2.45) is 0 Å². The third-order valence-corrected chi connectivity index (χ3v) is 3.95. The largest absolute Gasteiger partial charge is 0.494 e. The predicted molar refractivity (Wildman–Crippen MR) is 105 cm³/mol. The molecule has 0 fully saturated rings. The Hall–Kier alpha value is -4.74. The summed E-state index contributed by atoms with van der Waals surface area (Å²) in [6, 6.07) is 18.7. The van der Waals surface area contributed by atoms with Crippen LogP contribution in [0.3, 0.4) is 0 Å². The van der Waals surface area contributed by atoms with Crippen LogP contribution in [0.25, 0.3) is 11.0 Å². The number of methoxy groups -OCH3 is 1. The lowest BCUT2D eigenvalue weighted by atomic mass is 10.2. The highest BCUT2D eigenvalue weighted by Crippen LogP contribution is 2.30. The van der Waals surface area contributed by atoms with Crippen molar-refractivity contribution in [1.29, 1.82) is 15.8 Å². The van der Waals surface area contributed by atoms with E-state index in [2.05, 4.69) is 10.6 Å². The molecule has 0 saturated heterocycles. The standard InChI is InChI=1S/C21H13N5O3/c1-28-19-9-15(25-17(12-24)14(10-22)11-23)6-7-16(19)26-21(27)20-8-13-4-2-3-5-18(13)29-20/h2-9,25H,1H3,(H,26,27). The Morgan fingerprint density at radius 3 is 2.41 bits per heavy atom. The zero-order valence-electron chi connectivity index (χ0n) is 15.2. The summed E-state index contributed by atoms with van der Waals surface area (Å²) < 4.78 is 10.8. The van der Waals surface area contributed by atoms with Crippen LogP contribution in [0.5, 0.6) is 5.75 Å². The van der Waals surface area contributed by atoms with E-state index in [1.54, 1.807) is 42.5 Å². The van der Waals surface area contributed by atoms with Gasteiger partial charge in [0.25, 0.3) is 5.91 Å². The van der Waals surface area contributed by atoms with Crippen LogP contribution >= 0.6 is 0 Å². The minimum atomic E-state index is -0.450. The van der Waals surface area contributed by atoms with Gasteiger partial charge >= 0.3 is 0 Å². The van der Waals surface area contributed by atoms with E-state index in [0.29, 0.717) is 22.7 Å². The fourth-order valence-electron chi connectivity index (χ4n) is 2.58. The van der Waals surface area contributed by atoms with Gasteiger partial charge in [-0.1, -0.05) is 18.2 Å². The summed E-state index contributed by atoms with van der Waals surface area (Å²) in [5.41, 5.74) is 0.866. The second-order valence-electron chi connectivity index (χ2n) is 5.73. The summed E-state index contributed by atoms with van der Waals surface area (Å²) >= 11 is 0. The molecule has 8 heteroatoms. The van der Waals surface area contributed by atoms with E-state index in [-0.39, 0.29) is 17.0 Å². The van der Waals surface area contributed by atoms with Gasteiger partial charge in [0.05, 0.1) is 12.8 Å². The normalized spacial score (nSPS) is 9.59. The van der Waals surface area contributed by atoms with Crippen molar-refractivity contribution in [3.8, 4) is 24.0 Å². The molecule has 1 heterocycles. The summed E-state index contributed by atoms with van der Waals surface area (Å²) in [6.45, 7) is 0. The lowest BCUT2D eigenvalue weighted by Gasteiger charge is -2.12. The molecule has 1 aromatic heterocycles. The number of amides is 1. The highest BCUT2D eigenvalue weighted by atomic mass is 16.5. The van der Waals surface area contributed by atoms with Crippen molar-refractivity contribution in [3.05, 3.63) is 65.6 Å². The Morgan fingerprint density at radius 1 is 1.00 bits per heavy atom. The van der Waals surface area contributed by atoms with Gasteiger partial charge in [0.2, 0.25) is 0 Å². The Balaban J connectivity index is 1.85. The molecule has 0 saturated carbocycles. The number of ether oxygens (including phenoxy) is 1. The van der Waals surface area contributed by atoms with E-state index in [1.165, 1.54) is 13.2 Å². The molecule has 0 bridgehead atoms. The molecule has 0 radical (unpaired) electrons. The zero-order valence-corrected chi connectivity index (χ0v) is 15.2. The Bertz CT molecular complexity index is 1200. The van der Waals surface area contributed by atoms with Crippen LogP contribution in [0.15, 0.2) is 64.2 Å². The van der Waals surface area contributed by atoms with Crippen molar-refractivity contribution in [1.82, 2.24) is 0 Å². The highest BCUT2D eigenvalue weighted by molar-refractivity contribution is 6.05. The monoisotopic (exact) mass is 383 g/mol. The van der Waals surface area contributed by atoms with Crippen molar-refractivity contribution in [2.75, 3.05) is 17.7 Å². The van der Waals surface area contributed by atoms with Crippen molar-refractivity contribution in [2.45, 2.75) is 0 Å². The molecular weight excluding hydrogens is 370 g/mol. The van der Waals surface area contributed by atoms with Gasteiger partial charge in [-0.05, 0) is 24.3 Å². The van der Waals surface area contributed by atoms with Crippen LogP contribution in [0, 0.1) is 34.0 Å². The summed E-state index contributed by atoms with van der Waals surface area (Å²) in [4.78, 5) is 12.5. The van der Waals surface area contributed by atoms with Gasteiger partial charge in [-0.3, -0.25) is 4.79 Å². The molecule has 2 aromatic carbocycles. The quantitative estimate of drug-likeness (QED) is 0.637. The highest BCUT2D eigenvalue weighted by Gasteiger charge is 2.15. The van der Waals surface area contributed by atoms with Crippen LogP contribution in [0.4, 0.5) is 11.4 Å². The van der Waals surface area contributed by atoms with Gasteiger partial charge < -0.3 is 19.8 Å². The number of allylic oxidation sites excluding steroid dienone is 2. The maximum absolute atomic E-state index is 12.5. The molecule has 1 amide bonds. The maximum atomic E-state index is 12.5. The number of hydrogen-bond donors (Lipinski definition) is 2. The summed E-state index contributed by atoms with van der Waals surface area (Å²) in [5.74, 6) is 0.0131. The zero-order chi connectivity index (χ0) is 20.8. The molecule has 0 spiro atoms. The smallest absolute Gasteiger partial charge is 0.291 e. The van der Waals surface area contributed by atoms with E-state index in [1.807, 2.05) is 18.2 Å². The first-order valence-electron chi connectivity index (χ1n) is 8.29. The molecule has 0 unspecified atom stereocenters. The second-order valence-corrected chi connectivity index (χ2v) is 5.73. The first kappa shape index (κ1) is 19.0.